The summed E-state index contributed by atoms with van der Waals surface area (Å²) in [6.07, 6.45) is 4.52. The van der Waals surface area contributed by atoms with Gasteiger partial charge in [-0.15, -0.1) is 0 Å². The van der Waals surface area contributed by atoms with Gasteiger partial charge in [-0.3, -0.25) is 0 Å². The van der Waals surface area contributed by atoms with Crippen LogP contribution in [0.3, 0.4) is 0 Å². The lowest BCUT2D eigenvalue weighted by molar-refractivity contribution is 0.628. The summed E-state index contributed by atoms with van der Waals surface area (Å²) in [5, 5.41) is 3.48. The molecule has 0 aliphatic rings. The number of aromatic nitrogens is 2. The third-order valence-electron chi connectivity index (χ3n) is 2.42. The highest BCUT2D eigenvalue weighted by molar-refractivity contribution is 6.39. The minimum atomic E-state index is -0.465. The molecule has 0 saturated heterocycles. The summed E-state index contributed by atoms with van der Waals surface area (Å²) in [5.41, 5.74) is 0.461. The molecule has 0 spiro atoms. The van der Waals surface area contributed by atoms with Crippen molar-refractivity contribution in [3.05, 3.63) is 40.4 Å². The summed E-state index contributed by atoms with van der Waals surface area (Å²) >= 11 is 11.9. The van der Waals surface area contributed by atoms with E-state index in [4.69, 9.17) is 23.2 Å². The van der Waals surface area contributed by atoms with Crippen LogP contribution in [0, 0.1) is 5.82 Å². The van der Waals surface area contributed by atoms with Gasteiger partial charge in [0.05, 0.1) is 15.7 Å². The molecule has 2 aromatic rings. The molecule has 0 amide bonds. The van der Waals surface area contributed by atoms with Gasteiger partial charge in [0.1, 0.15) is 5.82 Å². The van der Waals surface area contributed by atoms with Crippen molar-refractivity contribution in [2.75, 3.05) is 5.32 Å². The average Bonchev–Trinajstić information content (AvgIpc) is 2.71. The Balaban J connectivity index is 2.31. The van der Waals surface area contributed by atoms with Crippen LogP contribution in [0.2, 0.25) is 10.0 Å². The van der Waals surface area contributed by atoms with Gasteiger partial charge < -0.3 is 9.88 Å². The van der Waals surface area contributed by atoms with Gasteiger partial charge in [-0.25, -0.2) is 9.37 Å². The molecule has 0 aliphatic heterocycles. The third-order valence-corrected chi connectivity index (χ3v) is 3.02. The lowest BCUT2D eigenvalue weighted by Crippen LogP contribution is -2.03. The molecule has 0 unspecified atom stereocenters. The van der Waals surface area contributed by atoms with Gasteiger partial charge in [-0.1, -0.05) is 30.1 Å². The van der Waals surface area contributed by atoms with Crippen LogP contribution < -0.4 is 5.32 Å². The highest BCUT2D eigenvalue weighted by Crippen LogP contribution is 2.33. The molecule has 1 heterocycles. The van der Waals surface area contributed by atoms with Crippen molar-refractivity contribution in [3.63, 3.8) is 0 Å². The number of nitrogens with zero attached hydrogens (tertiary/aromatic N) is 2. The standard InChI is InChI=1S/C12H12Cl2FN3/c1-2-4-18-5-3-16-12(18)17-11-9(13)6-8(15)7-10(11)14/h3,5-7H,2,4H2,1H3,(H,16,17). The summed E-state index contributed by atoms with van der Waals surface area (Å²) in [5.74, 6) is 0.166. The number of nitrogens with one attached hydrogen (secondary N) is 1. The minimum absolute atomic E-state index is 0.228. The van der Waals surface area contributed by atoms with Gasteiger partial charge in [-0.2, -0.15) is 0 Å². The Kier molecular flexibility index (Phi) is 4.09. The number of aryl methyl sites for hydroxylation is 1. The van der Waals surface area contributed by atoms with E-state index in [-0.39, 0.29) is 10.0 Å². The quantitative estimate of drug-likeness (QED) is 0.898. The smallest absolute Gasteiger partial charge is 0.207 e. The van der Waals surface area contributed by atoms with Crippen LogP contribution >= 0.6 is 23.2 Å². The van der Waals surface area contributed by atoms with Gasteiger partial charge in [-0.05, 0) is 18.6 Å². The maximum absolute atomic E-state index is 13.1. The zero-order chi connectivity index (χ0) is 13.1. The molecule has 0 bridgehead atoms. The summed E-state index contributed by atoms with van der Waals surface area (Å²) in [6, 6.07) is 2.42. The Morgan fingerprint density at radius 2 is 2.00 bits per heavy atom. The van der Waals surface area contributed by atoms with Crippen molar-refractivity contribution >= 4 is 34.8 Å². The van der Waals surface area contributed by atoms with E-state index in [9.17, 15) is 4.39 Å². The Labute approximate surface area is 115 Å². The molecule has 0 saturated carbocycles. The van der Waals surface area contributed by atoms with Crippen LogP contribution in [0.5, 0.6) is 0 Å². The molecule has 2 rings (SSSR count). The molecule has 6 heteroatoms. The Bertz CT molecular complexity index is 531. The number of anilines is 2. The molecule has 96 valence electrons. The van der Waals surface area contributed by atoms with Gasteiger partial charge in [0.2, 0.25) is 5.95 Å². The lowest BCUT2D eigenvalue weighted by atomic mass is 10.3. The molecule has 0 aliphatic carbocycles. The first-order valence-electron chi connectivity index (χ1n) is 5.54. The Hall–Kier alpha value is -1.26. The number of hydrogen-bond donors (Lipinski definition) is 1. The second-order valence-corrected chi connectivity index (χ2v) is 4.63. The molecule has 1 aromatic heterocycles. The number of rotatable bonds is 4. The fourth-order valence-corrected chi connectivity index (χ4v) is 2.18. The van der Waals surface area contributed by atoms with Gasteiger partial charge >= 0.3 is 0 Å². The Morgan fingerprint density at radius 3 is 2.61 bits per heavy atom. The number of imidazole rings is 1. The van der Waals surface area contributed by atoms with Crippen molar-refractivity contribution in [1.82, 2.24) is 9.55 Å². The number of benzene rings is 1. The second-order valence-electron chi connectivity index (χ2n) is 3.81. The van der Waals surface area contributed by atoms with Crippen molar-refractivity contribution in [2.24, 2.45) is 0 Å². The van der Waals surface area contributed by atoms with E-state index >= 15 is 0 Å². The van der Waals surface area contributed by atoms with Gasteiger partial charge in [0, 0.05) is 18.9 Å². The van der Waals surface area contributed by atoms with E-state index in [1.807, 2.05) is 10.8 Å². The molecular formula is C12H12Cl2FN3. The first-order chi connectivity index (χ1) is 8.61. The lowest BCUT2D eigenvalue weighted by Gasteiger charge is -2.11. The normalized spacial score (nSPS) is 10.7. The van der Waals surface area contributed by atoms with Crippen LogP contribution in [0.1, 0.15) is 13.3 Å². The topological polar surface area (TPSA) is 29.9 Å². The molecule has 3 nitrogen and oxygen atoms in total. The maximum atomic E-state index is 13.1. The zero-order valence-corrected chi connectivity index (χ0v) is 11.3. The molecule has 18 heavy (non-hydrogen) atoms. The first kappa shape index (κ1) is 13.2. The minimum Gasteiger partial charge on any atom is -0.323 e. The van der Waals surface area contributed by atoms with Crippen LogP contribution in [0.15, 0.2) is 24.5 Å². The molecule has 0 atom stereocenters. The number of halogens is 3. The largest absolute Gasteiger partial charge is 0.323 e. The van der Waals surface area contributed by atoms with E-state index in [2.05, 4.69) is 17.2 Å². The van der Waals surface area contributed by atoms with Crippen LogP contribution in [-0.4, -0.2) is 9.55 Å². The molecule has 0 fully saturated rings. The summed E-state index contributed by atoms with van der Waals surface area (Å²) in [6.45, 7) is 2.90. The van der Waals surface area contributed by atoms with E-state index < -0.39 is 5.82 Å². The van der Waals surface area contributed by atoms with Crippen molar-refractivity contribution < 1.29 is 4.39 Å². The van der Waals surface area contributed by atoms with Crippen LogP contribution in [-0.2, 0) is 6.54 Å². The van der Waals surface area contributed by atoms with Crippen molar-refractivity contribution in [1.29, 1.82) is 0 Å². The number of hydrogen-bond acceptors (Lipinski definition) is 2. The molecule has 0 radical (unpaired) electrons. The van der Waals surface area contributed by atoms with E-state index in [0.717, 1.165) is 13.0 Å². The predicted octanol–water partition coefficient (Wildman–Crippen LogP) is 4.48. The SMILES string of the molecule is CCCn1ccnc1Nc1c(Cl)cc(F)cc1Cl. The highest BCUT2D eigenvalue weighted by Gasteiger charge is 2.11. The fraction of sp³-hybridized carbons (Fsp3) is 0.250. The van der Waals surface area contributed by atoms with Crippen LogP contribution in [0.25, 0.3) is 0 Å². The van der Waals surface area contributed by atoms with E-state index in [1.165, 1.54) is 12.1 Å². The van der Waals surface area contributed by atoms with E-state index in [0.29, 0.717) is 11.6 Å². The third kappa shape index (κ3) is 2.76. The maximum Gasteiger partial charge on any atom is 0.207 e. The van der Waals surface area contributed by atoms with Crippen molar-refractivity contribution in [2.45, 2.75) is 19.9 Å². The van der Waals surface area contributed by atoms with Gasteiger partial charge in [0.25, 0.3) is 0 Å². The fourth-order valence-electron chi connectivity index (χ4n) is 1.63. The summed E-state index contributed by atoms with van der Waals surface area (Å²) in [4.78, 5) is 4.18. The van der Waals surface area contributed by atoms with E-state index in [1.54, 1.807) is 6.20 Å². The molecule has 1 aromatic carbocycles. The first-order valence-corrected chi connectivity index (χ1v) is 6.30. The van der Waals surface area contributed by atoms with Crippen molar-refractivity contribution in [3.8, 4) is 0 Å². The average molecular weight is 288 g/mol. The summed E-state index contributed by atoms with van der Waals surface area (Å²) < 4.78 is 15.0. The Morgan fingerprint density at radius 1 is 1.33 bits per heavy atom. The second kappa shape index (κ2) is 5.59. The highest BCUT2D eigenvalue weighted by atomic mass is 35.5. The van der Waals surface area contributed by atoms with Crippen LogP contribution in [0.4, 0.5) is 16.0 Å². The summed E-state index contributed by atoms with van der Waals surface area (Å²) in [7, 11) is 0. The predicted molar refractivity (Wildman–Crippen MR) is 72.2 cm³/mol. The monoisotopic (exact) mass is 287 g/mol. The molecule has 1 N–H and O–H groups in total. The zero-order valence-electron chi connectivity index (χ0n) is 9.75. The van der Waals surface area contributed by atoms with Gasteiger partial charge in [0.15, 0.2) is 0 Å². The molecular weight excluding hydrogens is 276 g/mol.